The van der Waals surface area contributed by atoms with Crippen LogP contribution in [0, 0.1) is 5.92 Å². The van der Waals surface area contributed by atoms with Crippen molar-refractivity contribution in [2.45, 2.75) is 63.3 Å². The molecule has 144 valence electrons. The Labute approximate surface area is 163 Å². The minimum absolute atomic E-state index is 0.0987. The highest BCUT2D eigenvalue weighted by molar-refractivity contribution is 7.18. The highest BCUT2D eigenvalue weighted by Crippen LogP contribution is 2.41. The average Bonchev–Trinajstić information content (AvgIpc) is 3.35. The molecule has 0 spiro atoms. The van der Waals surface area contributed by atoms with E-state index < -0.39 is 0 Å². The Morgan fingerprint density at radius 3 is 2.63 bits per heavy atom. The average molecular weight is 387 g/mol. The van der Waals surface area contributed by atoms with E-state index in [1.165, 1.54) is 0 Å². The maximum Gasteiger partial charge on any atom is 0.310 e. The van der Waals surface area contributed by atoms with Gasteiger partial charge in [0, 0.05) is 12.0 Å². The number of ether oxygens (including phenoxy) is 1. The molecule has 6 heteroatoms. The lowest BCUT2D eigenvalue weighted by atomic mass is 9.79. The third kappa shape index (κ3) is 4.32. The monoisotopic (exact) mass is 386 g/mol. The molecule has 2 atom stereocenters. The van der Waals surface area contributed by atoms with Crippen LogP contribution in [0.25, 0.3) is 10.2 Å². The zero-order chi connectivity index (χ0) is 18.6. The molecule has 1 amide bonds. The fraction of sp³-hybridized carbons (Fsp3) is 0.571. The van der Waals surface area contributed by atoms with Crippen molar-refractivity contribution in [3.05, 3.63) is 29.3 Å². The number of aromatic nitrogens is 1. The maximum absolute atomic E-state index is 12.7. The van der Waals surface area contributed by atoms with Crippen LogP contribution in [0.5, 0.6) is 0 Å². The minimum Gasteiger partial charge on any atom is -0.455 e. The molecule has 0 bridgehead atoms. The van der Waals surface area contributed by atoms with E-state index in [0.29, 0.717) is 0 Å². The summed E-state index contributed by atoms with van der Waals surface area (Å²) < 4.78 is 6.56. The minimum atomic E-state index is -0.250. The molecule has 0 aliphatic heterocycles. The van der Waals surface area contributed by atoms with Crippen LogP contribution in [0.3, 0.4) is 0 Å². The molecule has 27 heavy (non-hydrogen) atoms. The second kappa shape index (κ2) is 8.38. The van der Waals surface area contributed by atoms with Crippen molar-refractivity contribution in [1.82, 2.24) is 10.3 Å². The standard InChI is InChI=1S/C21H26N2O3S/c24-19(22-14-7-1-2-8-14)13-26-21(25)16-10-4-3-9-15(16)20-23-17-11-5-6-12-18(17)27-20/h5-6,11-12,14-16H,1-4,7-10,13H2,(H,22,24)/t15-,16-/m1/s1. The van der Waals surface area contributed by atoms with Gasteiger partial charge in [0.25, 0.3) is 5.91 Å². The molecule has 0 radical (unpaired) electrons. The fourth-order valence-corrected chi connectivity index (χ4v) is 5.51. The number of nitrogens with one attached hydrogen (secondary N) is 1. The first kappa shape index (κ1) is 18.4. The quantitative estimate of drug-likeness (QED) is 0.783. The Hall–Kier alpha value is -1.95. The van der Waals surface area contributed by atoms with Gasteiger partial charge in [-0.2, -0.15) is 0 Å². The molecule has 2 aromatic rings. The van der Waals surface area contributed by atoms with Crippen molar-refractivity contribution in [3.8, 4) is 0 Å². The Morgan fingerprint density at radius 2 is 1.81 bits per heavy atom. The summed E-state index contributed by atoms with van der Waals surface area (Å²) >= 11 is 1.67. The van der Waals surface area contributed by atoms with Gasteiger partial charge in [-0.05, 0) is 37.8 Å². The molecule has 1 aromatic heterocycles. The summed E-state index contributed by atoms with van der Waals surface area (Å²) in [6.07, 6.45) is 8.27. The van der Waals surface area contributed by atoms with E-state index in [1.807, 2.05) is 18.2 Å². The number of hydrogen-bond donors (Lipinski definition) is 1. The molecule has 0 saturated heterocycles. The molecule has 2 fully saturated rings. The molecule has 5 nitrogen and oxygen atoms in total. The number of para-hydroxylation sites is 1. The molecular weight excluding hydrogens is 360 g/mol. The molecular formula is C21H26N2O3S. The number of esters is 1. The zero-order valence-electron chi connectivity index (χ0n) is 15.5. The number of fused-ring (bicyclic) bond motifs is 1. The van der Waals surface area contributed by atoms with Crippen LogP contribution in [-0.4, -0.2) is 29.5 Å². The van der Waals surface area contributed by atoms with Crippen molar-refractivity contribution in [1.29, 1.82) is 0 Å². The predicted molar refractivity (Wildman–Crippen MR) is 106 cm³/mol. The topological polar surface area (TPSA) is 68.3 Å². The van der Waals surface area contributed by atoms with Gasteiger partial charge in [-0.1, -0.05) is 37.8 Å². The Balaban J connectivity index is 1.39. The van der Waals surface area contributed by atoms with Gasteiger partial charge < -0.3 is 10.1 Å². The second-order valence-electron chi connectivity index (χ2n) is 7.67. The van der Waals surface area contributed by atoms with Crippen LogP contribution in [0.1, 0.15) is 62.3 Å². The van der Waals surface area contributed by atoms with Crippen LogP contribution < -0.4 is 5.32 Å². The maximum atomic E-state index is 12.7. The Bertz CT molecular complexity index is 780. The zero-order valence-corrected chi connectivity index (χ0v) is 16.3. The molecule has 2 aliphatic rings. The van der Waals surface area contributed by atoms with E-state index in [4.69, 9.17) is 9.72 Å². The van der Waals surface area contributed by atoms with Crippen molar-refractivity contribution >= 4 is 33.4 Å². The van der Waals surface area contributed by atoms with Gasteiger partial charge in [-0.3, -0.25) is 9.59 Å². The van der Waals surface area contributed by atoms with Gasteiger partial charge in [0.05, 0.1) is 21.1 Å². The third-order valence-corrected chi connectivity index (χ3v) is 6.93. The van der Waals surface area contributed by atoms with E-state index in [9.17, 15) is 9.59 Å². The van der Waals surface area contributed by atoms with Gasteiger partial charge in [-0.15, -0.1) is 11.3 Å². The van der Waals surface area contributed by atoms with Gasteiger partial charge >= 0.3 is 5.97 Å². The Morgan fingerprint density at radius 1 is 1.07 bits per heavy atom. The molecule has 1 aromatic carbocycles. The second-order valence-corrected chi connectivity index (χ2v) is 8.74. The van der Waals surface area contributed by atoms with E-state index in [-0.39, 0.29) is 36.4 Å². The predicted octanol–water partition coefficient (Wildman–Crippen LogP) is 4.17. The molecule has 4 rings (SSSR count). The van der Waals surface area contributed by atoms with Crippen molar-refractivity contribution < 1.29 is 14.3 Å². The SMILES string of the molecule is O=C(COC(=O)[C@@H]1CCCC[C@H]1c1nc2ccccc2s1)NC1CCCC1. The first-order chi connectivity index (χ1) is 13.2. The molecule has 2 aliphatic carbocycles. The number of carbonyl (C=O) groups is 2. The summed E-state index contributed by atoms with van der Waals surface area (Å²) in [6, 6.07) is 8.33. The normalized spacial score (nSPS) is 23.4. The van der Waals surface area contributed by atoms with E-state index in [0.717, 1.165) is 66.6 Å². The van der Waals surface area contributed by atoms with Crippen molar-refractivity contribution in [2.24, 2.45) is 5.92 Å². The molecule has 2 saturated carbocycles. The van der Waals surface area contributed by atoms with Gasteiger partial charge in [-0.25, -0.2) is 4.98 Å². The lowest BCUT2D eigenvalue weighted by molar-refractivity contribution is -0.154. The number of rotatable bonds is 5. The lowest BCUT2D eigenvalue weighted by Crippen LogP contribution is -2.37. The number of amides is 1. The number of thiazole rings is 1. The van der Waals surface area contributed by atoms with Gasteiger partial charge in [0.1, 0.15) is 0 Å². The van der Waals surface area contributed by atoms with Crippen LogP contribution >= 0.6 is 11.3 Å². The summed E-state index contributed by atoms with van der Waals surface area (Å²) in [7, 11) is 0. The van der Waals surface area contributed by atoms with Gasteiger partial charge in [0.2, 0.25) is 0 Å². The number of carbonyl (C=O) groups excluding carboxylic acids is 2. The summed E-state index contributed by atoms with van der Waals surface area (Å²) in [4.78, 5) is 29.5. The molecule has 0 unspecified atom stereocenters. The Kier molecular flexibility index (Phi) is 5.72. The third-order valence-electron chi connectivity index (χ3n) is 5.76. The molecule has 1 heterocycles. The fourth-order valence-electron chi connectivity index (χ4n) is 4.34. The lowest BCUT2D eigenvalue weighted by Gasteiger charge is -2.28. The highest BCUT2D eigenvalue weighted by atomic mass is 32.1. The first-order valence-corrected chi connectivity index (χ1v) is 10.8. The van der Waals surface area contributed by atoms with E-state index in [2.05, 4.69) is 11.4 Å². The van der Waals surface area contributed by atoms with Crippen molar-refractivity contribution in [2.75, 3.05) is 6.61 Å². The van der Waals surface area contributed by atoms with Crippen molar-refractivity contribution in [3.63, 3.8) is 0 Å². The first-order valence-electron chi connectivity index (χ1n) is 10.0. The number of hydrogen-bond acceptors (Lipinski definition) is 5. The van der Waals surface area contributed by atoms with Crippen LogP contribution in [0.4, 0.5) is 0 Å². The van der Waals surface area contributed by atoms with Gasteiger partial charge in [0.15, 0.2) is 6.61 Å². The summed E-state index contributed by atoms with van der Waals surface area (Å²) in [5, 5.41) is 3.99. The highest BCUT2D eigenvalue weighted by Gasteiger charge is 2.35. The largest absolute Gasteiger partial charge is 0.455 e. The summed E-state index contributed by atoms with van der Waals surface area (Å²) in [5.74, 6) is -0.525. The van der Waals surface area contributed by atoms with E-state index in [1.54, 1.807) is 11.3 Å². The number of benzene rings is 1. The molecule has 1 N–H and O–H groups in total. The summed E-state index contributed by atoms with van der Waals surface area (Å²) in [5.41, 5.74) is 0.992. The van der Waals surface area contributed by atoms with Crippen LogP contribution in [-0.2, 0) is 14.3 Å². The number of nitrogens with zero attached hydrogens (tertiary/aromatic N) is 1. The summed E-state index contributed by atoms with van der Waals surface area (Å²) in [6.45, 7) is -0.168. The smallest absolute Gasteiger partial charge is 0.310 e. The van der Waals surface area contributed by atoms with Crippen LogP contribution in [0.2, 0.25) is 0 Å². The van der Waals surface area contributed by atoms with E-state index >= 15 is 0 Å². The van der Waals surface area contributed by atoms with Crippen LogP contribution in [0.15, 0.2) is 24.3 Å².